The Bertz CT molecular complexity index is 341. The third kappa shape index (κ3) is 3.55. The lowest BCUT2D eigenvalue weighted by Gasteiger charge is -2.10. The summed E-state index contributed by atoms with van der Waals surface area (Å²) in [6.45, 7) is 2.08. The van der Waals surface area contributed by atoms with E-state index >= 15 is 0 Å². The fraction of sp³-hybridized carbons (Fsp3) is 0.400. The number of carbonyl (C=O) groups is 1. The molecule has 82 valence electrons. The molecule has 5 nitrogen and oxygen atoms in total. The number of esters is 1. The molecule has 0 spiro atoms. The molecule has 1 atom stereocenters. The van der Waals surface area contributed by atoms with Gasteiger partial charge < -0.3 is 16.2 Å². The Morgan fingerprint density at radius 1 is 1.67 bits per heavy atom. The van der Waals surface area contributed by atoms with Crippen LogP contribution in [0.5, 0.6) is 0 Å². The zero-order valence-corrected chi connectivity index (χ0v) is 8.64. The molecule has 0 amide bonds. The highest BCUT2D eigenvalue weighted by Gasteiger charge is 2.14. The number of nitrogens with two attached hydrogens (primary N) is 2. The molecule has 0 aromatic carbocycles. The van der Waals surface area contributed by atoms with Crippen LogP contribution in [-0.4, -0.2) is 23.6 Å². The van der Waals surface area contributed by atoms with E-state index in [9.17, 15) is 4.79 Å². The molecule has 15 heavy (non-hydrogen) atoms. The van der Waals surface area contributed by atoms with Gasteiger partial charge in [-0.1, -0.05) is 0 Å². The summed E-state index contributed by atoms with van der Waals surface area (Å²) in [6.07, 6.45) is 1.99. The van der Waals surface area contributed by atoms with Gasteiger partial charge in [0.05, 0.1) is 6.61 Å². The molecular weight excluding hydrogens is 194 g/mol. The number of anilines is 1. The zero-order valence-electron chi connectivity index (χ0n) is 8.64. The fourth-order valence-electron chi connectivity index (χ4n) is 1.21. The van der Waals surface area contributed by atoms with Crippen molar-refractivity contribution in [1.29, 1.82) is 0 Å². The number of hydrogen-bond donors (Lipinski definition) is 2. The second-order valence-corrected chi connectivity index (χ2v) is 3.15. The summed E-state index contributed by atoms with van der Waals surface area (Å²) in [6, 6.07) is 2.82. The summed E-state index contributed by atoms with van der Waals surface area (Å²) < 4.78 is 4.80. The first kappa shape index (κ1) is 11.5. The highest BCUT2D eigenvalue weighted by molar-refractivity contribution is 5.75. The first-order valence-corrected chi connectivity index (χ1v) is 4.76. The Morgan fingerprint density at radius 2 is 2.40 bits per heavy atom. The number of ether oxygens (including phenoxy) is 1. The fourth-order valence-corrected chi connectivity index (χ4v) is 1.21. The molecule has 1 rings (SSSR count). The van der Waals surface area contributed by atoms with Crippen molar-refractivity contribution in [2.45, 2.75) is 19.4 Å². The lowest BCUT2D eigenvalue weighted by Crippen LogP contribution is -2.34. The van der Waals surface area contributed by atoms with E-state index in [-0.39, 0.29) is 0 Å². The first-order chi connectivity index (χ1) is 7.13. The normalized spacial score (nSPS) is 12.1. The average molecular weight is 209 g/mol. The van der Waals surface area contributed by atoms with E-state index in [0.29, 0.717) is 18.8 Å². The van der Waals surface area contributed by atoms with E-state index in [1.165, 1.54) is 0 Å². The van der Waals surface area contributed by atoms with E-state index < -0.39 is 12.0 Å². The van der Waals surface area contributed by atoms with Crippen molar-refractivity contribution in [2.75, 3.05) is 12.3 Å². The molecule has 0 aliphatic carbocycles. The summed E-state index contributed by atoms with van der Waals surface area (Å²) in [4.78, 5) is 15.1. The van der Waals surface area contributed by atoms with Crippen molar-refractivity contribution in [3.05, 3.63) is 23.9 Å². The molecule has 0 radical (unpaired) electrons. The van der Waals surface area contributed by atoms with Crippen LogP contribution in [0.15, 0.2) is 18.3 Å². The quantitative estimate of drug-likeness (QED) is 0.686. The highest BCUT2D eigenvalue weighted by atomic mass is 16.5. The molecule has 4 N–H and O–H groups in total. The smallest absolute Gasteiger partial charge is 0.323 e. The molecule has 0 saturated heterocycles. The Morgan fingerprint density at radius 3 is 3.00 bits per heavy atom. The molecule has 0 aliphatic heterocycles. The van der Waals surface area contributed by atoms with E-state index in [0.717, 1.165) is 5.56 Å². The van der Waals surface area contributed by atoms with Crippen molar-refractivity contribution >= 4 is 11.8 Å². The molecule has 0 aliphatic rings. The van der Waals surface area contributed by atoms with Crippen molar-refractivity contribution in [3.63, 3.8) is 0 Å². The van der Waals surface area contributed by atoms with Gasteiger partial charge in [0.15, 0.2) is 0 Å². The summed E-state index contributed by atoms with van der Waals surface area (Å²) in [7, 11) is 0. The van der Waals surface area contributed by atoms with Gasteiger partial charge in [0.25, 0.3) is 0 Å². The molecule has 0 fully saturated rings. The summed E-state index contributed by atoms with van der Waals surface area (Å²) >= 11 is 0. The van der Waals surface area contributed by atoms with Gasteiger partial charge in [-0.2, -0.15) is 0 Å². The predicted octanol–water partition coefficient (Wildman–Crippen LogP) is 0.0967. The van der Waals surface area contributed by atoms with Crippen LogP contribution in [0.2, 0.25) is 0 Å². The Labute approximate surface area is 88.4 Å². The number of rotatable bonds is 4. The van der Waals surface area contributed by atoms with Crippen LogP contribution >= 0.6 is 0 Å². The number of nitrogen functional groups attached to an aromatic ring is 1. The maximum Gasteiger partial charge on any atom is 0.323 e. The van der Waals surface area contributed by atoms with E-state index in [4.69, 9.17) is 16.2 Å². The van der Waals surface area contributed by atoms with Gasteiger partial charge in [-0.15, -0.1) is 0 Å². The topological polar surface area (TPSA) is 91.2 Å². The monoisotopic (exact) mass is 209 g/mol. The van der Waals surface area contributed by atoms with Gasteiger partial charge >= 0.3 is 5.97 Å². The third-order valence-corrected chi connectivity index (χ3v) is 1.89. The first-order valence-electron chi connectivity index (χ1n) is 4.76. The molecule has 1 heterocycles. The van der Waals surface area contributed by atoms with Gasteiger partial charge in [0.2, 0.25) is 0 Å². The lowest BCUT2D eigenvalue weighted by atomic mass is 10.1. The van der Waals surface area contributed by atoms with Crippen LogP contribution in [-0.2, 0) is 16.0 Å². The van der Waals surface area contributed by atoms with Gasteiger partial charge in [-0.05, 0) is 31.0 Å². The highest BCUT2D eigenvalue weighted by Crippen LogP contribution is 2.06. The van der Waals surface area contributed by atoms with Crippen LogP contribution in [0.3, 0.4) is 0 Å². The summed E-state index contributed by atoms with van der Waals surface area (Å²) in [5, 5.41) is 0. The molecule has 1 aromatic heterocycles. The summed E-state index contributed by atoms with van der Waals surface area (Å²) in [5.74, 6) is 0.0245. The van der Waals surface area contributed by atoms with Crippen LogP contribution in [0, 0.1) is 0 Å². The molecule has 1 unspecified atom stereocenters. The maximum atomic E-state index is 11.2. The second kappa shape index (κ2) is 5.31. The molecule has 1 aromatic rings. The number of carbonyl (C=O) groups excluding carboxylic acids is 1. The number of aromatic nitrogens is 1. The zero-order chi connectivity index (χ0) is 11.3. The molecule has 0 bridgehead atoms. The Kier molecular flexibility index (Phi) is 4.05. The van der Waals surface area contributed by atoms with Crippen LogP contribution < -0.4 is 11.5 Å². The number of hydrogen-bond acceptors (Lipinski definition) is 5. The SMILES string of the molecule is CCOC(=O)C(N)Cc1ccnc(N)c1. The minimum Gasteiger partial charge on any atom is -0.465 e. The molecule has 0 saturated carbocycles. The van der Waals surface area contributed by atoms with E-state index in [1.54, 1.807) is 25.3 Å². The average Bonchev–Trinajstić information content (AvgIpc) is 2.18. The van der Waals surface area contributed by atoms with Gasteiger partial charge in [0.1, 0.15) is 11.9 Å². The third-order valence-electron chi connectivity index (χ3n) is 1.89. The predicted molar refractivity (Wildman–Crippen MR) is 57.0 cm³/mol. The second-order valence-electron chi connectivity index (χ2n) is 3.15. The standard InChI is InChI=1S/C10H15N3O2/c1-2-15-10(14)8(11)5-7-3-4-13-9(12)6-7/h3-4,6,8H,2,5,11H2,1H3,(H2,12,13). The molecular formula is C10H15N3O2. The van der Waals surface area contributed by atoms with E-state index in [2.05, 4.69) is 4.98 Å². The largest absolute Gasteiger partial charge is 0.465 e. The Hall–Kier alpha value is -1.62. The van der Waals surface area contributed by atoms with Crippen LogP contribution in [0.1, 0.15) is 12.5 Å². The Balaban J connectivity index is 2.58. The number of pyridine rings is 1. The van der Waals surface area contributed by atoms with Crippen molar-refractivity contribution in [3.8, 4) is 0 Å². The minimum atomic E-state index is -0.647. The maximum absolute atomic E-state index is 11.2. The van der Waals surface area contributed by atoms with Crippen molar-refractivity contribution in [1.82, 2.24) is 4.98 Å². The van der Waals surface area contributed by atoms with Gasteiger partial charge in [-0.25, -0.2) is 4.98 Å². The minimum absolute atomic E-state index is 0.338. The van der Waals surface area contributed by atoms with Crippen molar-refractivity contribution in [2.24, 2.45) is 5.73 Å². The van der Waals surface area contributed by atoms with E-state index in [1.807, 2.05) is 0 Å². The lowest BCUT2D eigenvalue weighted by molar-refractivity contribution is -0.144. The number of nitrogens with zero attached hydrogens (tertiary/aromatic N) is 1. The van der Waals surface area contributed by atoms with Crippen molar-refractivity contribution < 1.29 is 9.53 Å². The van der Waals surface area contributed by atoms with Gasteiger partial charge in [-0.3, -0.25) is 4.79 Å². The van der Waals surface area contributed by atoms with Crippen LogP contribution in [0.25, 0.3) is 0 Å². The van der Waals surface area contributed by atoms with Crippen LogP contribution in [0.4, 0.5) is 5.82 Å². The van der Waals surface area contributed by atoms with Gasteiger partial charge in [0, 0.05) is 6.20 Å². The summed E-state index contributed by atoms with van der Waals surface area (Å²) in [5.41, 5.74) is 12.0. The molecule has 5 heteroatoms.